The molecule has 1 saturated heterocycles. The Balaban J connectivity index is 2.09. The molecule has 0 radical (unpaired) electrons. The van der Waals surface area contributed by atoms with Crippen LogP contribution in [0.1, 0.15) is 30.3 Å². The minimum absolute atomic E-state index is 0.0853. The van der Waals surface area contributed by atoms with Crippen molar-refractivity contribution in [1.29, 1.82) is 0 Å². The van der Waals surface area contributed by atoms with Crippen molar-refractivity contribution in [3.05, 3.63) is 35.4 Å². The summed E-state index contributed by atoms with van der Waals surface area (Å²) >= 11 is 0. The molecule has 1 aliphatic rings. The van der Waals surface area contributed by atoms with Crippen LogP contribution in [-0.4, -0.2) is 23.8 Å². The topological polar surface area (TPSA) is 55.8 Å². The number of aliphatic carboxylic acids is 1. The van der Waals surface area contributed by atoms with Gasteiger partial charge in [-0.2, -0.15) is 13.2 Å². The Kier molecular flexibility index (Phi) is 4.29. The van der Waals surface area contributed by atoms with Gasteiger partial charge in [0.2, 0.25) is 0 Å². The molecule has 1 N–H and O–H groups in total. The highest BCUT2D eigenvalue weighted by atomic mass is 19.4. The molecule has 1 heterocycles. The van der Waals surface area contributed by atoms with Crippen LogP contribution in [0, 0.1) is 0 Å². The molecule has 1 fully saturated rings. The molecule has 2 unspecified atom stereocenters. The lowest BCUT2D eigenvalue weighted by Crippen LogP contribution is -2.14. The van der Waals surface area contributed by atoms with Crippen molar-refractivity contribution >= 4 is 5.97 Å². The van der Waals surface area contributed by atoms with E-state index in [1.165, 1.54) is 18.2 Å². The molecule has 1 aliphatic heterocycles. The number of rotatable bonds is 4. The summed E-state index contributed by atoms with van der Waals surface area (Å²) in [7, 11) is 0. The fourth-order valence-corrected chi connectivity index (χ4v) is 2.01. The Bertz CT molecular complexity index is 487. The Morgan fingerprint density at radius 1 is 1.35 bits per heavy atom. The van der Waals surface area contributed by atoms with Crippen LogP contribution < -0.4 is 0 Å². The largest absolute Gasteiger partial charge is 0.481 e. The lowest BCUT2D eigenvalue weighted by Gasteiger charge is -2.17. The van der Waals surface area contributed by atoms with Crippen LogP contribution in [0.15, 0.2) is 24.3 Å². The molecular formula is C13H13F3O4. The first-order valence-corrected chi connectivity index (χ1v) is 6.03. The van der Waals surface area contributed by atoms with Gasteiger partial charge < -0.3 is 14.6 Å². The van der Waals surface area contributed by atoms with Crippen molar-refractivity contribution in [2.45, 2.75) is 31.4 Å². The van der Waals surface area contributed by atoms with E-state index in [1.807, 2.05) is 0 Å². The lowest BCUT2D eigenvalue weighted by molar-refractivity contribution is -0.143. The van der Waals surface area contributed by atoms with E-state index in [2.05, 4.69) is 0 Å². The average Bonchev–Trinajstić information content (AvgIpc) is 2.84. The highest BCUT2D eigenvalue weighted by Gasteiger charge is 2.38. The lowest BCUT2D eigenvalue weighted by atomic mass is 10.1. The summed E-state index contributed by atoms with van der Waals surface area (Å²) in [4.78, 5) is 10.4. The van der Waals surface area contributed by atoms with Gasteiger partial charge in [0.25, 0.3) is 0 Å². The molecule has 20 heavy (non-hydrogen) atoms. The molecule has 0 aromatic heterocycles. The Hall–Kier alpha value is -1.60. The first kappa shape index (κ1) is 14.8. The molecule has 0 amide bonds. The molecule has 0 bridgehead atoms. The van der Waals surface area contributed by atoms with Gasteiger partial charge in [0.05, 0.1) is 18.3 Å². The predicted molar refractivity (Wildman–Crippen MR) is 61.9 cm³/mol. The maximum atomic E-state index is 12.9. The smallest absolute Gasteiger partial charge is 0.416 e. The van der Waals surface area contributed by atoms with E-state index < -0.39 is 30.1 Å². The molecule has 0 saturated carbocycles. The molecule has 2 atom stereocenters. The monoisotopic (exact) mass is 290 g/mol. The van der Waals surface area contributed by atoms with Crippen LogP contribution in [0.5, 0.6) is 0 Å². The zero-order chi connectivity index (χ0) is 14.8. The summed E-state index contributed by atoms with van der Waals surface area (Å²) in [6.45, 7) is 0.0874. The van der Waals surface area contributed by atoms with E-state index in [-0.39, 0.29) is 25.0 Å². The molecule has 1 aromatic rings. The number of carbonyl (C=O) groups is 1. The third-order valence-corrected chi connectivity index (χ3v) is 2.95. The third-order valence-electron chi connectivity index (χ3n) is 2.95. The van der Waals surface area contributed by atoms with Gasteiger partial charge in [-0.25, -0.2) is 0 Å². The molecule has 2 rings (SSSR count). The first-order valence-electron chi connectivity index (χ1n) is 6.03. The summed E-state index contributed by atoms with van der Waals surface area (Å²) in [5, 5.41) is 8.56. The maximum Gasteiger partial charge on any atom is 0.416 e. The Labute approximate surface area is 113 Å². The highest BCUT2D eigenvalue weighted by Crippen LogP contribution is 2.38. The van der Waals surface area contributed by atoms with E-state index in [0.29, 0.717) is 0 Å². The van der Waals surface area contributed by atoms with Gasteiger partial charge in [0.15, 0.2) is 6.29 Å². The molecule has 0 aliphatic carbocycles. The van der Waals surface area contributed by atoms with E-state index in [1.54, 1.807) is 0 Å². The quantitative estimate of drug-likeness (QED) is 0.926. The Morgan fingerprint density at radius 3 is 2.70 bits per heavy atom. The standard InChI is InChI=1S/C13H13F3O4/c14-13(15,16)10-4-2-1-3-9(10)12-19-7-8(20-12)5-6-11(17)18/h1-4,8,12H,5-7H2,(H,17,18). The molecule has 110 valence electrons. The minimum Gasteiger partial charge on any atom is -0.481 e. The second kappa shape index (κ2) is 5.80. The zero-order valence-electron chi connectivity index (χ0n) is 10.4. The number of hydrogen-bond donors (Lipinski definition) is 1. The van der Waals surface area contributed by atoms with Gasteiger partial charge in [-0.15, -0.1) is 0 Å². The van der Waals surface area contributed by atoms with Crippen molar-refractivity contribution in [3.63, 3.8) is 0 Å². The van der Waals surface area contributed by atoms with Crippen LogP contribution in [-0.2, 0) is 20.4 Å². The number of halogens is 3. The van der Waals surface area contributed by atoms with Crippen molar-refractivity contribution in [3.8, 4) is 0 Å². The van der Waals surface area contributed by atoms with Crippen LogP contribution in [0.2, 0.25) is 0 Å². The first-order chi connectivity index (χ1) is 9.38. The van der Waals surface area contributed by atoms with E-state index >= 15 is 0 Å². The number of hydrogen-bond acceptors (Lipinski definition) is 3. The SMILES string of the molecule is O=C(O)CCC1COC(c2ccccc2C(F)(F)F)O1. The molecule has 1 aromatic carbocycles. The van der Waals surface area contributed by atoms with Gasteiger partial charge >= 0.3 is 12.1 Å². The van der Waals surface area contributed by atoms with Crippen LogP contribution in [0.4, 0.5) is 13.2 Å². The number of carboxylic acid groups (broad SMARTS) is 1. The second-order valence-corrected chi connectivity index (χ2v) is 4.44. The maximum absolute atomic E-state index is 12.9. The number of alkyl halides is 3. The third kappa shape index (κ3) is 3.49. The van der Waals surface area contributed by atoms with Crippen molar-refractivity contribution < 1.29 is 32.5 Å². The van der Waals surface area contributed by atoms with Crippen molar-refractivity contribution in [2.75, 3.05) is 6.61 Å². The van der Waals surface area contributed by atoms with Gasteiger partial charge in [-0.1, -0.05) is 18.2 Å². The molecule has 0 spiro atoms. The van der Waals surface area contributed by atoms with E-state index in [0.717, 1.165) is 6.07 Å². The van der Waals surface area contributed by atoms with Gasteiger partial charge in [-0.05, 0) is 12.5 Å². The molecule has 7 heteroatoms. The van der Waals surface area contributed by atoms with Gasteiger partial charge in [0.1, 0.15) is 0 Å². The summed E-state index contributed by atoms with van der Waals surface area (Å²) in [5.74, 6) is -0.979. The number of benzene rings is 1. The fraction of sp³-hybridized carbons (Fsp3) is 0.462. The summed E-state index contributed by atoms with van der Waals surface area (Å²) in [5.41, 5.74) is -0.887. The minimum atomic E-state index is -4.48. The summed E-state index contributed by atoms with van der Waals surface area (Å²) in [6, 6.07) is 5.03. The van der Waals surface area contributed by atoms with E-state index in [9.17, 15) is 18.0 Å². The average molecular weight is 290 g/mol. The van der Waals surface area contributed by atoms with Gasteiger partial charge in [-0.3, -0.25) is 4.79 Å². The summed E-state index contributed by atoms with van der Waals surface area (Å²) in [6.07, 6.45) is -5.99. The van der Waals surface area contributed by atoms with Crippen molar-refractivity contribution in [2.24, 2.45) is 0 Å². The van der Waals surface area contributed by atoms with Crippen LogP contribution in [0.25, 0.3) is 0 Å². The molecule has 4 nitrogen and oxygen atoms in total. The van der Waals surface area contributed by atoms with E-state index in [4.69, 9.17) is 14.6 Å². The number of carboxylic acids is 1. The molecular weight excluding hydrogens is 277 g/mol. The van der Waals surface area contributed by atoms with Crippen LogP contribution in [0.3, 0.4) is 0 Å². The fourth-order valence-electron chi connectivity index (χ4n) is 2.01. The summed E-state index contributed by atoms with van der Waals surface area (Å²) < 4.78 is 49.1. The Morgan fingerprint density at radius 2 is 2.05 bits per heavy atom. The predicted octanol–water partition coefficient (Wildman–Crippen LogP) is 2.98. The van der Waals surface area contributed by atoms with Gasteiger partial charge in [0, 0.05) is 12.0 Å². The second-order valence-electron chi connectivity index (χ2n) is 4.44. The number of ether oxygens (including phenoxy) is 2. The zero-order valence-corrected chi connectivity index (χ0v) is 10.4. The normalized spacial score (nSPS) is 22.9. The highest BCUT2D eigenvalue weighted by molar-refractivity contribution is 5.66. The van der Waals surface area contributed by atoms with Crippen LogP contribution >= 0.6 is 0 Å². The van der Waals surface area contributed by atoms with Crippen molar-refractivity contribution in [1.82, 2.24) is 0 Å².